The predicted molar refractivity (Wildman–Crippen MR) is 117 cm³/mol. The van der Waals surface area contributed by atoms with Crippen LogP contribution in [0.2, 0.25) is 5.02 Å². The lowest BCUT2D eigenvalue weighted by molar-refractivity contribution is -0.136. The molecule has 1 unspecified atom stereocenters. The Morgan fingerprint density at radius 2 is 1.94 bits per heavy atom. The number of benzene rings is 2. The molecule has 4 rings (SSSR count). The molecule has 0 saturated heterocycles. The smallest absolute Gasteiger partial charge is 0.349 e. The highest BCUT2D eigenvalue weighted by molar-refractivity contribution is 6.31. The Labute approximate surface area is 189 Å². The van der Waals surface area contributed by atoms with Crippen LogP contribution in [0.5, 0.6) is 17.2 Å². The summed E-state index contributed by atoms with van der Waals surface area (Å²) in [5.41, 5.74) is 7.75. The number of hydrogen-bond donors (Lipinski definition) is 1. The first-order chi connectivity index (χ1) is 15.4. The zero-order valence-electron chi connectivity index (χ0n) is 17.3. The van der Waals surface area contributed by atoms with Crippen LogP contribution in [-0.4, -0.2) is 12.6 Å². The third-order valence-corrected chi connectivity index (χ3v) is 5.38. The van der Waals surface area contributed by atoms with Crippen LogP contribution in [-0.2, 0) is 4.79 Å². The van der Waals surface area contributed by atoms with E-state index < -0.39 is 11.9 Å². The molecule has 2 aromatic carbocycles. The van der Waals surface area contributed by atoms with Crippen molar-refractivity contribution in [3.63, 3.8) is 0 Å². The lowest BCUT2D eigenvalue weighted by atomic mass is 9.87. The Hall–Kier alpha value is -3.89. The highest BCUT2D eigenvalue weighted by Gasteiger charge is 2.33. The summed E-state index contributed by atoms with van der Waals surface area (Å²) >= 11 is 5.99. The number of rotatable bonds is 5. The molecule has 1 atom stereocenters. The molecule has 32 heavy (non-hydrogen) atoms. The number of fused-ring (bicyclic) bond motifs is 1. The van der Waals surface area contributed by atoms with E-state index in [0.29, 0.717) is 33.6 Å². The van der Waals surface area contributed by atoms with Crippen molar-refractivity contribution in [1.29, 1.82) is 5.26 Å². The summed E-state index contributed by atoms with van der Waals surface area (Å²) in [6, 6.07) is 15.7. The van der Waals surface area contributed by atoms with E-state index in [9.17, 15) is 10.1 Å². The molecule has 3 aromatic rings. The van der Waals surface area contributed by atoms with Crippen LogP contribution in [0.4, 0.5) is 0 Å². The van der Waals surface area contributed by atoms with Gasteiger partial charge in [0.1, 0.15) is 40.4 Å². The average molecular weight is 451 g/mol. The first kappa shape index (κ1) is 21.3. The highest BCUT2D eigenvalue weighted by Crippen LogP contribution is 2.43. The number of carbonyl (C=O) groups excluding carboxylic acids is 1. The Morgan fingerprint density at radius 3 is 2.62 bits per heavy atom. The van der Waals surface area contributed by atoms with E-state index in [1.807, 2.05) is 19.9 Å². The largest absolute Gasteiger partial charge is 0.482 e. The first-order valence-electron chi connectivity index (χ1n) is 9.73. The molecular weight excluding hydrogens is 432 g/mol. The van der Waals surface area contributed by atoms with E-state index in [1.165, 1.54) is 0 Å². The lowest BCUT2D eigenvalue weighted by Crippen LogP contribution is -2.21. The molecule has 1 aliphatic heterocycles. The zero-order chi connectivity index (χ0) is 22.8. The molecule has 2 N–H and O–H groups in total. The maximum atomic E-state index is 12.3. The number of hydrogen-bond acceptors (Lipinski definition) is 7. The lowest BCUT2D eigenvalue weighted by Gasteiger charge is -2.25. The van der Waals surface area contributed by atoms with E-state index >= 15 is 0 Å². The number of ether oxygens (including phenoxy) is 3. The van der Waals surface area contributed by atoms with Gasteiger partial charge >= 0.3 is 5.97 Å². The van der Waals surface area contributed by atoms with Crippen molar-refractivity contribution < 1.29 is 23.4 Å². The van der Waals surface area contributed by atoms with Gasteiger partial charge in [-0.2, -0.15) is 5.26 Å². The third-order valence-electron chi connectivity index (χ3n) is 4.95. The minimum Gasteiger partial charge on any atom is -0.482 e. The molecule has 0 bridgehead atoms. The minimum atomic E-state index is -0.590. The molecule has 7 nitrogen and oxygen atoms in total. The van der Waals surface area contributed by atoms with Gasteiger partial charge in [-0.05, 0) is 55.8 Å². The molecule has 162 valence electrons. The van der Waals surface area contributed by atoms with E-state index in [-0.39, 0.29) is 23.8 Å². The van der Waals surface area contributed by atoms with Crippen LogP contribution in [0.1, 0.15) is 28.6 Å². The second kappa shape index (κ2) is 8.69. The maximum Gasteiger partial charge on any atom is 0.349 e. The third kappa shape index (κ3) is 4.27. The molecule has 0 fully saturated rings. The van der Waals surface area contributed by atoms with E-state index in [0.717, 1.165) is 5.56 Å². The number of carbonyl (C=O) groups is 1. The number of aryl methyl sites for hydroxylation is 2. The molecular formula is C24H19ClN2O5. The summed E-state index contributed by atoms with van der Waals surface area (Å²) in [6.07, 6.45) is 0. The van der Waals surface area contributed by atoms with E-state index in [2.05, 4.69) is 6.07 Å². The van der Waals surface area contributed by atoms with Crippen molar-refractivity contribution in [3.8, 4) is 23.3 Å². The summed E-state index contributed by atoms with van der Waals surface area (Å²) < 4.78 is 22.2. The Kier molecular flexibility index (Phi) is 5.80. The molecule has 0 aliphatic carbocycles. The normalized spacial score (nSPS) is 14.9. The molecule has 0 spiro atoms. The number of nitrogens with two attached hydrogens (primary N) is 1. The molecule has 1 aromatic heterocycles. The van der Waals surface area contributed by atoms with Gasteiger partial charge in [-0.15, -0.1) is 0 Å². The average Bonchev–Trinajstić information content (AvgIpc) is 3.19. The van der Waals surface area contributed by atoms with Crippen molar-refractivity contribution in [1.82, 2.24) is 0 Å². The quantitative estimate of drug-likeness (QED) is 0.441. The summed E-state index contributed by atoms with van der Waals surface area (Å²) in [5, 5.41) is 10.2. The Balaban J connectivity index is 1.51. The fraction of sp³-hybridized carbons (Fsp3) is 0.167. The van der Waals surface area contributed by atoms with E-state index in [4.69, 9.17) is 36.0 Å². The molecule has 1 aliphatic rings. The molecule has 2 heterocycles. The fourth-order valence-electron chi connectivity index (χ4n) is 3.41. The van der Waals surface area contributed by atoms with Gasteiger partial charge < -0.3 is 24.4 Å². The number of furan rings is 1. The van der Waals surface area contributed by atoms with Crippen molar-refractivity contribution in [2.24, 2.45) is 5.73 Å². The van der Waals surface area contributed by atoms with Crippen LogP contribution < -0.4 is 19.9 Å². The summed E-state index contributed by atoms with van der Waals surface area (Å²) in [6.45, 7) is 3.38. The van der Waals surface area contributed by atoms with Crippen LogP contribution >= 0.6 is 11.6 Å². The van der Waals surface area contributed by atoms with Gasteiger partial charge in [0.05, 0.1) is 5.92 Å². The minimum absolute atomic E-state index is 0.0241. The number of esters is 1. The fourth-order valence-corrected chi connectivity index (χ4v) is 3.53. The van der Waals surface area contributed by atoms with Crippen molar-refractivity contribution in [3.05, 3.63) is 87.7 Å². The monoisotopic (exact) mass is 450 g/mol. The standard InChI is InChI=1S/C24H19ClN2O5/c1-13-9-15(5-7-19(13)25)29-12-22(28)31-16-4-6-17-21(10-16)32-24(27)18(11-26)23(17)20-8-3-14(2)30-20/h3-10,23H,12,27H2,1-2H3. The van der Waals surface area contributed by atoms with Gasteiger partial charge in [0, 0.05) is 16.7 Å². The van der Waals surface area contributed by atoms with Gasteiger partial charge in [0.25, 0.3) is 0 Å². The van der Waals surface area contributed by atoms with E-state index in [1.54, 1.807) is 42.5 Å². The number of halogens is 1. The number of nitrogens with zero attached hydrogens (tertiary/aromatic N) is 1. The highest BCUT2D eigenvalue weighted by atomic mass is 35.5. The van der Waals surface area contributed by atoms with Gasteiger partial charge in [-0.3, -0.25) is 0 Å². The van der Waals surface area contributed by atoms with Crippen LogP contribution in [0.25, 0.3) is 0 Å². The van der Waals surface area contributed by atoms with Crippen molar-refractivity contribution in [2.45, 2.75) is 19.8 Å². The Bertz CT molecular complexity index is 1270. The summed E-state index contributed by atoms with van der Waals surface area (Å²) in [7, 11) is 0. The SMILES string of the molecule is Cc1ccc(C2C(C#N)=C(N)Oc3cc(OC(=O)COc4ccc(Cl)c(C)c4)ccc32)o1. The van der Waals surface area contributed by atoms with Crippen molar-refractivity contribution in [2.75, 3.05) is 6.61 Å². The van der Waals surface area contributed by atoms with Gasteiger partial charge in [-0.1, -0.05) is 17.7 Å². The van der Waals surface area contributed by atoms with Gasteiger partial charge in [-0.25, -0.2) is 4.79 Å². The van der Waals surface area contributed by atoms with Crippen LogP contribution in [0.15, 0.2) is 64.4 Å². The molecule has 0 radical (unpaired) electrons. The molecule has 0 saturated carbocycles. The van der Waals surface area contributed by atoms with Gasteiger partial charge in [0.2, 0.25) is 5.88 Å². The van der Waals surface area contributed by atoms with Gasteiger partial charge in [0.15, 0.2) is 6.61 Å². The summed E-state index contributed by atoms with van der Waals surface area (Å²) in [5.74, 6) is 1.30. The predicted octanol–water partition coefficient (Wildman–Crippen LogP) is 4.75. The Morgan fingerprint density at radius 1 is 1.16 bits per heavy atom. The number of nitriles is 1. The maximum absolute atomic E-state index is 12.3. The van der Waals surface area contributed by atoms with Crippen molar-refractivity contribution >= 4 is 17.6 Å². The summed E-state index contributed by atoms with van der Waals surface area (Å²) in [4.78, 5) is 12.3. The molecule has 8 heteroatoms. The second-order valence-electron chi connectivity index (χ2n) is 7.25. The topological polar surface area (TPSA) is 108 Å². The van der Waals surface area contributed by atoms with Crippen LogP contribution in [0.3, 0.4) is 0 Å². The first-order valence-corrected chi connectivity index (χ1v) is 10.1. The van der Waals surface area contributed by atoms with Crippen LogP contribution in [0, 0.1) is 25.2 Å². The number of allylic oxidation sites excluding steroid dienone is 1. The zero-order valence-corrected chi connectivity index (χ0v) is 18.1. The molecule has 0 amide bonds. The second-order valence-corrected chi connectivity index (χ2v) is 7.65.